The van der Waals surface area contributed by atoms with Crippen molar-refractivity contribution in [3.63, 3.8) is 0 Å². The van der Waals surface area contributed by atoms with Gasteiger partial charge in [0.1, 0.15) is 0 Å². The Morgan fingerprint density at radius 1 is 0.879 bits per heavy atom. The lowest BCUT2D eigenvalue weighted by atomic mass is 10.0. The van der Waals surface area contributed by atoms with Crippen LogP contribution < -0.4 is 5.32 Å². The van der Waals surface area contributed by atoms with Crippen LogP contribution in [0.4, 0.5) is 32.0 Å². The lowest BCUT2D eigenvalue weighted by molar-refractivity contribution is -0.143. The van der Waals surface area contributed by atoms with Gasteiger partial charge in [0.15, 0.2) is 0 Å². The largest absolute Gasteiger partial charge is 0.416 e. The molecule has 1 heterocycles. The van der Waals surface area contributed by atoms with Crippen molar-refractivity contribution in [2.24, 2.45) is 0 Å². The summed E-state index contributed by atoms with van der Waals surface area (Å²) >= 11 is 5.99. The molecule has 2 aromatic carbocycles. The molecule has 1 saturated heterocycles. The van der Waals surface area contributed by atoms with E-state index in [0.29, 0.717) is 22.8 Å². The number of nitrogens with zero attached hydrogens (tertiary/aromatic N) is 2. The Morgan fingerprint density at radius 2 is 1.42 bits per heavy atom. The number of hydrogen-bond donors (Lipinski definition) is 1. The molecular weight excluding hydrogens is 476 g/mol. The predicted molar refractivity (Wildman–Crippen MR) is 109 cm³/mol. The van der Waals surface area contributed by atoms with Crippen molar-refractivity contribution in [2.45, 2.75) is 12.4 Å². The van der Waals surface area contributed by atoms with Crippen LogP contribution in [-0.2, 0) is 17.1 Å². The van der Waals surface area contributed by atoms with Crippen LogP contribution in [0.25, 0.3) is 0 Å². The van der Waals surface area contributed by atoms with Gasteiger partial charge in [-0.15, -0.1) is 0 Å². The van der Waals surface area contributed by atoms with Crippen LogP contribution in [-0.4, -0.2) is 54.3 Å². The number of alkyl halides is 6. The molecule has 3 rings (SSSR count). The van der Waals surface area contributed by atoms with Crippen molar-refractivity contribution < 1.29 is 35.9 Å². The van der Waals surface area contributed by atoms with E-state index in [4.69, 9.17) is 11.6 Å². The second-order valence-corrected chi connectivity index (χ2v) is 7.80. The van der Waals surface area contributed by atoms with E-state index in [-0.39, 0.29) is 44.7 Å². The van der Waals surface area contributed by atoms with E-state index in [1.165, 1.54) is 0 Å². The van der Waals surface area contributed by atoms with Crippen molar-refractivity contribution in [1.82, 2.24) is 9.80 Å². The number of halogens is 7. The number of para-hydroxylation sites is 1. The number of hydrogen-bond acceptors (Lipinski definition) is 3. The highest BCUT2D eigenvalue weighted by Crippen LogP contribution is 2.36. The average molecular weight is 494 g/mol. The quantitative estimate of drug-likeness (QED) is 0.624. The van der Waals surface area contributed by atoms with Gasteiger partial charge in [-0.2, -0.15) is 26.3 Å². The third-order valence-corrected chi connectivity index (χ3v) is 5.34. The summed E-state index contributed by atoms with van der Waals surface area (Å²) in [5, 5.41) is 3.01. The molecule has 1 aliphatic rings. The zero-order valence-electron chi connectivity index (χ0n) is 16.9. The van der Waals surface area contributed by atoms with Crippen LogP contribution >= 0.6 is 11.6 Å². The lowest BCUT2D eigenvalue weighted by Gasteiger charge is -2.34. The smallest absolute Gasteiger partial charge is 0.336 e. The molecule has 0 saturated carbocycles. The first-order chi connectivity index (χ1) is 15.3. The van der Waals surface area contributed by atoms with Gasteiger partial charge in [-0.3, -0.25) is 14.5 Å². The molecule has 2 amide bonds. The molecule has 0 spiro atoms. The third-order valence-electron chi connectivity index (χ3n) is 5.01. The maximum Gasteiger partial charge on any atom is 0.416 e. The standard InChI is InChI=1S/C21H18ClF6N3O2/c22-16-3-1-2-4-17(16)29-18(32)12-30-5-7-31(8-6-30)19(33)13-9-14(20(23,24)25)11-15(10-13)21(26,27)28/h1-4,9-11H,5-8,12H2,(H,29,32). The summed E-state index contributed by atoms with van der Waals surface area (Å²) in [6.07, 6.45) is -10.1. The predicted octanol–water partition coefficient (Wildman–Crippen LogP) is 4.77. The summed E-state index contributed by atoms with van der Waals surface area (Å²) in [5.41, 5.74) is -3.35. The number of benzene rings is 2. The molecule has 33 heavy (non-hydrogen) atoms. The zero-order valence-corrected chi connectivity index (χ0v) is 17.7. The van der Waals surface area contributed by atoms with Gasteiger partial charge in [0.05, 0.1) is 28.4 Å². The fraction of sp³-hybridized carbons (Fsp3) is 0.333. The first kappa shape index (κ1) is 24.8. The lowest BCUT2D eigenvalue weighted by Crippen LogP contribution is -2.50. The van der Waals surface area contributed by atoms with E-state index < -0.39 is 35.0 Å². The fourth-order valence-corrected chi connectivity index (χ4v) is 3.51. The SMILES string of the molecule is O=C(CN1CCN(C(=O)c2cc(C(F)(F)F)cc(C(F)(F)F)c2)CC1)Nc1ccccc1Cl. The molecule has 0 atom stereocenters. The minimum absolute atomic E-state index is 0.0188. The normalized spacial score (nSPS) is 15.4. The monoisotopic (exact) mass is 493 g/mol. The van der Waals surface area contributed by atoms with Gasteiger partial charge in [0, 0.05) is 31.7 Å². The third kappa shape index (κ3) is 6.38. The van der Waals surface area contributed by atoms with E-state index in [1.54, 1.807) is 29.2 Å². The van der Waals surface area contributed by atoms with Crippen molar-refractivity contribution in [3.05, 3.63) is 64.2 Å². The van der Waals surface area contributed by atoms with Crippen LogP contribution in [0.3, 0.4) is 0 Å². The van der Waals surface area contributed by atoms with E-state index in [0.717, 1.165) is 4.90 Å². The molecule has 5 nitrogen and oxygen atoms in total. The number of amides is 2. The minimum atomic E-state index is -5.04. The highest BCUT2D eigenvalue weighted by Gasteiger charge is 2.38. The Hall–Kier alpha value is -2.79. The maximum absolute atomic E-state index is 13.1. The Labute approximate surface area is 189 Å². The fourth-order valence-electron chi connectivity index (χ4n) is 3.33. The molecule has 12 heteroatoms. The first-order valence-electron chi connectivity index (χ1n) is 9.70. The summed E-state index contributed by atoms with van der Waals surface area (Å²) in [6, 6.07) is 7.45. The topological polar surface area (TPSA) is 52.7 Å². The van der Waals surface area contributed by atoms with Crippen molar-refractivity contribution in [2.75, 3.05) is 38.0 Å². The number of nitrogens with one attached hydrogen (secondary N) is 1. The van der Waals surface area contributed by atoms with Gasteiger partial charge < -0.3 is 10.2 Å². The van der Waals surface area contributed by atoms with E-state index >= 15 is 0 Å². The number of rotatable bonds is 4. The molecule has 1 aliphatic heterocycles. The molecular formula is C21H18ClF6N3O2. The van der Waals surface area contributed by atoms with Crippen LogP contribution in [0.15, 0.2) is 42.5 Å². The van der Waals surface area contributed by atoms with Gasteiger partial charge in [-0.05, 0) is 30.3 Å². The molecule has 0 unspecified atom stereocenters. The van der Waals surface area contributed by atoms with Gasteiger partial charge in [0.2, 0.25) is 5.91 Å². The number of carbonyl (C=O) groups is 2. The minimum Gasteiger partial charge on any atom is -0.336 e. The highest BCUT2D eigenvalue weighted by atomic mass is 35.5. The van der Waals surface area contributed by atoms with Crippen LogP contribution in [0.1, 0.15) is 21.5 Å². The Balaban J connectivity index is 1.64. The zero-order chi connectivity index (χ0) is 24.4. The molecule has 2 aromatic rings. The summed E-state index contributed by atoms with van der Waals surface area (Å²) < 4.78 is 78.3. The van der Waals surface area contributed by atoms with Crippen LogP contribution in [0.5, 0.6) is 0 Å². The van der Waals surface area contributed by atoms with Crippen molar-refractivity contribution in [3.8, 4) is 0 Å². The molecule has 178 valence electrons. The van der Waals surface area contributed by atoms with Gasteiger partial charge >= 0.3 is 12.4 Å². The van der Waals surface area contributed by atoms with E-state index in [2.05, 4.69) is 5.32 Å². The average Bonchev–Trinajstić information content (AvgIpc) is 2.74. The van der Waals surface area contributed by atoms with E-state index in [9.17, 15) is 35.9 Å². The summed E-state index contributed by atoms with van der Waals surface area (Å²) in [5.74, 6) is -1.29. The Kier molecular flexibility index (Phi) is 7.23. The van der Waals surface area contributed by atoms with Crippen LogP contribution in [0, 0.1) is 0 Å². The van der Waals surface area contributed by atoms with Gasteiger partial charge in [0.25, 0.3) is 5.91 Å². The van der Waals surface area contributed by atoms with E-state index in [1.807, 2.05) is 0 Å². The Morgan fingerprint density at radius 3 is 1.94 bits per heavy atom. The summed E-state index contributed by atoms with van der Waals surface area (Å²) in [7, 11) is 0. The second kappa shape index (κ2) is 9.60. The summed E-state index contributed by atoms with van der Waals surface area (Å²) in [4.78, 5) is 27.7. The van der Waals surface area contributed by atoms with Gasteiger partial charge in [-0.1, -0.05) is 23.7 Å². The molecule has 0 aromatic heterocycles. The highest BCUT2D eigenvalue weighted by molar-refractivity contribution is 6.33. The first-order valence-corrected chi connectivity index (χ1v) is 10.1. The maximum atomic E-state index is 13.1. The Bertz CT molecular complexity index is 1000. The molecule has 1 fully saturated rings. The molecule has 1 N–H and O–H groups in total. The number of carbonyl (C=O) groups excluding carboxylic acids is 2. The number of piperazine rings is 1. The van der Waals surface area contributed by atoms with Crippen molar-refractivity contribution >= 4 is 29.1 Å². The van der Waals surface area contributed by atoms with Gasteiger partial charge in [-0.25, -0.2) is 0 Å². The van der Waals surface area contributed by atoms with Crippen LogP contribution in [0.2, 0.25) is 5.02 Å². The summed E-state index contributed by atoms with van der Waals surface area (Å²) in [6.45, 7) is 0.486. The molecule has 0 radical (unpaired) electrons. The van der Waals surface area contributed by atoms with Crippen molar-refractivity contribution in [1.29, 1.82) is 0 Å². The number of anilines is 1. The molecule has 0 aliphatic carbocycles. The molecule has 0 bridgehead atoms. The second-order valence-electron chi connectivity index (χ2n) is 7.39.